The molecule has 0 bridgehead atoms. The van der Waals surface area contributed by atoms with Gasteiger partial charge in [-0.3, -0.25) is 9.59 Å². The highest BCUT2D eigenvalue weighted by molar-refractivity contribution is 5.98. The van der Waals surface area contributed by atoms with Crippen LogP contribution < -0.4 is 31.6 Å². The Balaban J connectivity index is 2.38. The average molecular weight is 377 g/mol. The quantitative estimate of drug-likeness (QED) is 0.517. The molecule has 27 heavy (non-hydrogen) atoms. The molecule has 0 fully saturated rings. The van der Waals surface area contributed by atoms with Crippen LogP contribution in [0.3, 0.4) is 0 Å². The predicted molar refractivity (Wildman–Crippen MR) is 97.8 cm³/mol. The minimum Gasteiger partial charge on any atom is -0.497 e. The number of nitrogens with two attached hydrogens (primary N) is 2. The number of ether oxygens (including phenoxy) is 2. The topological polar surface area (TPSA) is 142 Å². The van der Waals surface area contributed by atoms with Gasteiger partial charge in [0.1, 0.15) is 17.3 Å². The molecular weight excluding hydrogens is 357 g/mol. The van der Waals surface area contributed by atoms with E-state index in [-0.39, 0.29) is 30.2 Å². The van der Waals surface area contributed by atoms with Gasteiger partial charge >= 0.3 is 0 Å². The van der Waals surface area contributed by atoms with E-state index in [0.717, 1.165) is 6.07 Å². The number of benzene rings is 1. The number of halogens is 1. The van der Waals surface area contributed by atoms with Gasteiger partial charge in [-0.05, 0) is 6.07 Å². The third-order valence-electron chi connectivity index (χ3n) is 3.52. The van der Waals surface area contributed by atoms with Crippen LogP contribution in [-0.2, 0) is 4.79 Å². The van der Waals surface area contributed by atoms with Crippen molar-refractivity contribution >= 4 is 29.1 Å². The number of nitrogens with one attached hydrogen (secondary N) is 2. The van der Waals surface area contributed by atoms with Crippen LogP contribution >= 0.6 is 0 Å². The van der Waals surface area contributed by atoms with Crippen molar-refractivity contribution in [3.05, 3.63) is 35.6 Å². The molecule has 1 aromatic carbocycles. The summed E-state index contributed by atoms with van der Waals surface area (Å²) in [6.45, 7) is 0.0849. The van der Waals surface area contributed by atoms with Crippen molar-refractivity contribution in [1.82, 2.24) is 4.98 Å². The molecule has 0 saturated heterocycles. The molecule has 9 nitrogen and oxygen atoms in total. The Morgan fingerprint density at radius 2 is 1.70 bits per heavy atom. The number of aromatic nitrogens is 1. The number of carbonyl (C=O) groups excluding carboxylic acids is 2. The monoisotopic (exact) mass is 377 g/mol. The summed E-state index contributed by atoms with van der Waals surface area (Å²) < 4.78 is 24.5. The van der Waals surface area contributed by atoms with E-state index in [1.165, 1.54) is 14.2 Å². The Morgan fingerprint density at radius 1 is 1.07 bits per heavy atom. The van der Waals surface area contributed by atoms with Crippen LogP contribution in [0.4, 0.5) is 21.7 Å². The number of carbonyl (C=O) groups is 2. The molecular formula is C17H20FN5O4. The minimum absolute atomic E-state index is 0.00542. The molecule has 144 valence electrons. The molecule has 6 N–H and O–H groups in total. The van der Waals surface area contributed by atoms with Crippen LogP contribution in [-0.4, -0.2) is 37.6 Å². The van der Waals surface area contributed by atoms with Crippen LogP contribution in [0.2, 0.25) is 0 Å². The van der Waals surface area contributed by atoms with Crippen molar-refractivity contribution in [2.24, 2.45) is 11.5 Å². The van der Waals surface area contributed by atoms with Crippen LogP contribution in [0.25, 0.3) is 0 Å². The van der Waals surface area contributed by atoms with Gasteiger partial charge in [-0.1, -0.05) is 0 Å². The van der Waals surface area contributed by atoms with Gasteiger partial charge in [0.25, 0.3) is 5.91 Å². The summed E-state index contributed by atoms with van der Waals surface area (Å²) in [6, 6.07) is 5.90. The predicted octanol–water partition coefficient (Wildman–Crippen LogP) is 1.37. The molecule has 0 aliphatic heterocycles. The lowest BCUT2D eigenvalue weighted by atomic mass is 10.2. The first-order valence-electron chi connectivity index (χ1n) is 7.86. The van der Waals surface area contributed by atoms with Crippen molar-refractivity contribution in [2.75, 3.05) is 31.4 Å². The van der Waals surface area contributed by atoms with Crippen LogP contribution in [0.5, 0.6) is 11.5 Å². The lowest BCUT2D eigenvalue weighted by Gasteiger charge is -2.14. The largest absolute Gasteiger partial charge is 0.497 e. The van der Waals surface area contributed by atoms with Crippen molar-refractivity contribution < 1.29 is 23.5 Å². The number of rotatable bonds is 9. The number of hydrogen-bond donors (Lipinski definition) is 4. The van der Waals surface area contributed by atoms with Crippen molar-refractivity contribution in [3.8, 4) is 11.5 Å². The number of pyridine rings is 1. The molecule has 0 radical (unpaired) electrons. The molecule has 0 spiro atoms. The summed E-state index contributed by atoms with van der Waals surface area (Å²) in [7, 11) is 2.98. The first kappa shape index (κ1) is 19.8. The molecule has 0 saturated carbocycles. The number of hydrogen-bond acceptors (Lipinski definition) is 7. The maximum absolute atomic E-state index is 14.2. The Kier molecular flexibility index (Phi) is 6.36. The van der Waals surface area contributed by atoms with Gasteiger partial charge in [-0.15, -0.1) is 0 Å². The average Bonchev–Trinajstić information content (AvgIpc) is 2.63. The zero-order valence-electron chi connectivity index (χ0n) is 14.8. The van der Waals surface area contributed by atoms with Crippen LogP contribution in [0, 0.1) is 5.82 Å². The van der Waals surface area contributed by atoms with E-state index < -0.39 is 17.6 Å². The zero-order chi connectivity index (χ0) is 20.0. The fourth-order valence-electron chi connectivity index (χ4n) is 2.22. The lowest BCUT2D eigenvalue weighted by molar-refractivity contribution is -0.117. The second kappa shape index (κ2) is 8.70. The lowest BCUT2D eigenvalue weighted by Crippen LogP contribution is -2.19. The summed E-state index contributed by atoms with van der Waals surface area (Å²) in [5.74, 6) is -1.32. The van der Waals surface area contributed by atoms with E-state index in [1.807, 2.05) is 0 Å². The maximum atomic E-state index is 14.2. The molecule has 0 aliphatic rings. The molecule has 1 aromatic heterocycles. The molecule has 0 aliphatic carbocycles. The Morgan fingerprint density at radius 3 is 2.22 bits per heavy atom. The number of methoxy groups -OCH3 is 2. The Bertz CT molecular complexity index is 837. The molecule has 10 heteroatoms. The van der Waals surface area contributed by atoms with E-state index >= 15 is 0 Å². The second-order valence-electron chi connectivity index (χ2n) is 5.45. The summed E-state index contributed by atoms with van der Waals surface area (Å²) >= 11 is 0. The van der Waals surface area contributed by atoms with E-state index in [1.54, 1.807) is 18.2 Å². The zero-order valence-corrected chi connectivity index (χ0v) is 14.8. The van der Waals surface area contributed by atoms with Crippen molar-refractivity contribution in [2.45, 2.75) is 6.42 Å². The fraction of sp³-hybridized carbons (Fsp3) is 0.235. The molecule has 2 aromatic rings. The number of anilines is 3. The molecule has 2 rings (SSSR count). The van der Waals surface area contributed by atoms with E-state index in [4.69, 9.17) is 20.9 Å². The van der Waals surface area contributed by atoms with Crippen LogP contribution in [0.1, 0.15) is 16.8 Å². The van der Waals surface area contributed by atoms with Crippen molar-refractivity contribution in [1.29, 1.82) is 0 Å². The van der Waals surface area contributed by atoms with Gasteiger partial charge in [-0.25, -0.2) is 9.37 Å². The van der Waals surface area contributed by atoms with Gasteiger partial charge in [-0.2, -0.15) is 0 Å². The van der Waals surface area contributed by atoms with Gasteiger partial charge in [0.05, 0.1) is 19.8 Å². The summed E-state index contributed by atoms with van der Waals surface area (Å²) in [6.07, 6.45) is -0.00542. The SMILES string of the molecule is COc1cc(Nc2nc(NCCC(N)=O)c(F)cc2C(N)=O)cc(OC)c1. The number of nitrogens with zero attached hydrogens (tertiary/aromatic N) is 1. The minimum atomic E-state index is -0.859. The second-order valence-corrected chi connectivity index (χ2v) is 5.45. The van der Waals surface area contributed by atoms with Crippen molar-refractivity contribution in [3.63, 3.8) is 0 Å². The third kappa shape index (κ3) is 5.21. The highest BCUT2D eigenvalue weighted by Crippen LogP contribution is 2.29. The fourth-order valence-corrected chi connectivity index (χ4v) is 2.22. The Labute approximate surface area is 154 Å². The van der Waals surface area contributed by atoms with Gasteiger partial charge in [0, 0.05) is 36.9 Å². The standard InChI is InChI=1S/C17H20FN5O4/c1-26-10-5-9(6-11(7-10)27-2)22-16-12(15(20)25)8-13(18)17(23-16)21-4-3-14(19)24/h5-8H,3-4H2,1-2H3,(H2,19,24)(H2,20,25)(H2,21,22,23). The highest BCUT2D eigenvalue weighted by atomic mass is 19.1. The van der Waals surface area contributed by atoms with E-state index in [0.29, 0.717) is 17.2 Å². The Hall–Kier alpha value is -3.56. The smallest absolute Gasteiger partial charge is 0.252 e. The summed E-state index contributed by atoms with van der Waals surface area (Å²) in [4.78, 5) is 26.6. The molecule has 2 amide bonds. The normalized spacial score (nSPS) is 10.2. The highest BCUT2D eigenvalue weighted by Gasteiger charge is 2.17. The maximum Gasteiger partial charge on any atom is 0.252 e. The van der Waals surface area contributed by atoms with E-state index in [9.17, 15) is 14.0 Å². The third-order valence-corrected chi connectivity index (χ3v) is 3.52. The first-order chi connectivity index (χ1) is 12.8. The number of amides is 2. The van der Waals surface area contributed by atoms with Crippen LogP contribution in [0.15, 0.2) is 24.3 Å². The summed E-state index contributed by atoms with van der Waals surface area (Å²) in [5, 5.41) is 5.55. The first-order valence-corrected chi connectivity index (χ1v) is 7.86. The van der Waals surface area contributed by atoms with Gasteiger partial charge in [0.15, 0.2) is 11.6 Å². The molecule has 0 unspecified atom stereocenters. The molecule has 0 atom stereocenters. The van der Waals surface area contributed by atoms with E-state index in [2.05, 4.69) is 15.6 Å². The van der Waals surface area contributed by atoms with Gasteiger partial charge < -0.3 is 31.6 Å². The molecule has 1 heterocycles. The van der Waals surface area contributed by atoms with Gasteiger partial charge in [0.2, 0.25) is 5.91 Å². The number of primary amides is 2. The summed E-state index contributed by atoms with van der Waals surface area (Å²) in [5.41, 5.74) is 10.7.